The SMILES string of the molecule is C#CCCCNC(C)c1ccc(F)cn1. The average molecular weight is 206 g/mol. The predicted octanol–water partition coefficient (Wildman–Crippen LogP) is 2.28. The molecule has 1 aromatic rings. The fourth-order valence-electron chi connectivity index (χ4n) is 1.26. The summed E-state index contributed by atoms with van der Waals surface area (Å²) in [6.07, 6.45) is 8.09. The summed E-state index contributed by atoms with van der Waals surface area (Å²) in [6.45, 7) is 2.85. The van der Waals surface area contributed by atoms with Gasteiger partial charge in [0.05, 0.1) is 11.9 Å². The van der Waals surface area contributed by atoms with Gasteiger partial charge in [0.2, 0.25) is 0 Å². The molecule has 0 spiro atoms. The number of pyridine rings is 1. The standard InChI is InChI=1S/C12H15FN2/c1-3-4-5-8-14-10(2)12-7-6-11(13)9-15-12/h1,6-7,9-10,14H,4-5,8H2,2H3. The number of unbranched alkanes of at least 4 members (excludes halogenated alkanes) is 1. The smallest absolute Gasteiger partial charge is 0.141 e. The second-order valence-corrected chi connectivity index (χ2v) is 3.38. The van der Waals surface area contributed by atoms with Crippen LogP contribution in [-0.2, 0) is 0 Å². The summed E-state index contributed by atoms with van der Waals surface area (Å²) in [4.78, 5) is 4.00. The van der Waals surface area contributed by atoms with Gasteiger partial charge < -0.3 is 5.32 Å². The van der Waals surface area contributed by atoms with Gasteiger partial charge in [-0.3, -0.25) is 4.98 Å². The summed E-state index contributed by atoms with van der Waals surface area (Å²) >= 11 is 0. The monoisotopic (exact) mass is 206 g/mol. The van der Waals surface area contributed by atoms with Gasteiger partial charge in [-0.2, -0.15) is 0 Å². The fraction of sp³-hybridized carbons (Fsp3) is 0.417. The summed E-state index contributed by atoms with van der Waals surface area (Å²) in [7, 11) is 0. The largest absolute Gasteiger partial charge is 0.309 e. The van der Waals surface area contributed by atoms with Crippen LogP contribution in [0.2, 0.25) is 0 Å². The molecule has 0 amide bonds. The third kappa shape index (κ3) is 4.09. The van der Waals surface area contributed by atoms with E-state index in [0.29, 0.717) is 0 Å². The normalized spacial score (nSPS) is 12.1. The molecule has 2 nitrogen and oxygen atoms in total. The van der Waals surface area contributed by atoms with Crippen LogP contribution in [0.5, 0.6) is 0 Å². The first-order chi connectivity index (χ1) is 7.24. The number of nitrogens with one attached hydrogen (secondary N) is 1. The lowest BCUT2D eigenvalue weighted by Crippen LogP contribution is -2.20. The van der Waals surface area contributed by atoms with E-state index in [-0.39, 0.29) is 11.9 Å². The molecule has 15 heavy (non-hydrogen) atoms. The summed E-state index contributed by atoms with van der Waals surface area (Å²) < 4.78 is 12.6. The van der Waals surface area contributed by atoms with Crippen LogP contribution in [0, 0.1) is 18.2 Å². The molecule has 1 atom stereocenters. The van der Waals surface area contributed by atoms with Crippen molar-refractivity contribution in [2.45, 2.75) is 25.8 Å². The summed E-state index contributed by atoms with van der Waals surface area (Å²) in [6, 6.07) is 3.24. The minimum absolute atomic E-state index is 0.128. The molecule has 0 fully saturated rings. The number of hydrogen-bond acceptors (Lipinski definition) is 2. The molecular formula is C12H15FN2. The molecule has 1 unspecified atom stereocenters. The van der Waals surface area contributed by atoms with Gasteiger partial charge in [-0.05, 0) is 32.0 Å². The molecule has 0 aliphatic heterocycles. The fourth-order valence-corrected chi connectivity index (χ4v) is 1.26. The molecule has 1 aromatic heterocycles. The van der Waals surface area contributed by atoms with Gasteiger partial charge in [0.1, 0.15) is 5.82 Å². The predicted molar refractivity (Wildman–Crippen MR) is 58.7 cm³/mol. The van der Waals surface area contributed by atoms with Gasteiger partial charge in [-0.15, -0.1) is 12.3 Å². The zero-order chi connectivity index (χ0) is 11.1. The minimum Gasteiger partial charge on any atom is -0.309 e. The molecule has 0 radical (unpaired) electrons. The molecule has 3 heteroatoms. The van der Waals surface area contributed by atoms with Crippen molar-refractivity contribution in [3.05, 3.63) is 29.8 Å². The molecule has 0 saturated heterocycles. The van der Waals surface area contributed by atoms with Crippen LogP contribution in [0.4, 0.5) is 4.39 Å². The van der Waals surface area contributed by atoms with Crippen molar-refractivity contribution in [1.29, 1.82) is 0 Å². The van der Waals surface area contributed by atoms with Crippen LogP contribution < -0.4 is 5.32 Å². The van der Waals surface area contributed by atoms with Crippen molar-refractivity contribution < 1.29 is 4.39 Å². The Morgan fingerprint density at radius 2 is 2.40 bits per heavy atom. The van der Waals surface area contributed by atoms with E-state index in [1.165, 1.54) is 12.3 Å². The molecular weight excluding hydrogens is 191 g/mol. The Bertz CT molecular complexity index is 326. The van der Waals surface area contributed by atoms with Gasteiger partial charge in [0.15, 0.2) is 0 Å². The Hall–Kier alpha value is -1.40. The minimum atomic E-state index is -0.307. The van der Waals surface area contributed by atoms with Crippen molar-refractivity contribution in [1.82, 2.24) is 10.3 Å². The van der Waals surface area contributed by atoms with E-state index in [4.69, 9.17) is 6.42 Å². The van der Waals surface area contributed by atoms with Crippen LogP contribution in [-0.4, -0.2) is 11.5 Å². The Kier molecular flexibility index (Phi) is 4.79. The first kappa shape index (κ1) is 11.7. The molecule has 1 N–H and O–H groups in total. The molecule has 1 heterocycles. The first-order valence-electron chi connectivity index (χ1n) is 5.02. The number of halogens is 1. The Morgan fingerprint density at radius 3 is 3.00 bits per heavy atom. The third-order valence-corrected chi connectivity index (χ3v) is 2.14. The molecule has 80 valence electrons. The number of aromatic nitrogens is 1. The van der Waals surface area contributed by atoms with Gasteiger partial charge >= 0.3 is 0 Å². The maximum absolute atomic E-state index is 12.6. The Balaban J connectivity index is 2.37. The number of terminal acetylenes is 1. The van der Waals surface area contributed by atoms with Crippen LogP contribution >= 0.6 is 0 Å². The lowest BCUT2D eigenvalue weighted by Gasteiger charge is -2.12. The van der Waals surface area contributed by atoms with Gasteiger partial charge in [-0.25, -0.2) is 4.39 Å². The highest BCUT2D eigenvalue weighted by molar-refractivity contribution is 5.08. The molecule has 0 bridgehead atoms. The summed E-state index contributed by atoms with van der Waals surface area (Å²) in [5, 5.41) is 3.27. The van der Waals surface area contributed by atoms with Crippen LogP contribution in [0.25, 0.3) is 0 Å². The van der Waals surface area contributed by atoms with Gasteiger partial charge in [0, 0.05) is 12.5 Å². The summed E-state index contributed by atoms with van der Waals surface area (Å²) in [5.74, 6) is 2.28. The van der Waals surface area contributed by atoms with E-state index in [1.54, 1.807) is 6.07 Å². The maximum atomic E-state index is 12.6. The van der Waals surface area contributed by atoms with Crippen molar-refractivity contribution >= 4 is 0 Å². The molecule has 0 aliphatic carbocycles. The molecule has 0 aromatic carbocycles. The van der Waals surface area contributed by atoms with Gasteiger partial charge in [0.25, 0.3) is 0 Å². The van der Waals surface area contributed by atoms with Crippen LogP contribution in [0.15, 0.2) is 18.3 Å². The van der Waals surface area contributed by atoms with E-state index >= 15 is 0 Å². The second-order valence-electron chi connectivity index (χ2n) is 3.38. The molecule has 0 saturated carbocycles. The van der Waals surface area contributed by atoms with Crippen molar-refractivity contribution in [2.24, 2.45) is 0 Å². The Morgan fingerprint density at radius 1 is 1.60 bits per heavy atom. The zero-order valence-electron chi connectivity index (χ0n) is 8.83. The Labute approximate surface area is 89.9 Å². The third-order valence-electron chi connectivity index (χ3n) is 2.14. The number of hydrogen-bond donors (Lipinski definition) is 1. The van der Waals surface area contributed by atoms with E-state index < -0.39 is 0 Å². The average Bonchev–Trinajstić information content (AvgIpc) is 2.25. The van der Waals surface area contributed by atoms with Crippen LogP contribution in [0.1, 0.15) is 31.5 Å². The number of rotatable bonds is 5. The highest BCUT2D eigenvalue weighted by atomic mass is 19.1. The quantitative estimate of drug-likeness (QED) is 0.590. The molecule has 0 aliphatic rings. The van der Waals surface area contributed by atoms with Crippen molar-refractivity contribution in [3.63, 3.8) is 0 Å². The topological polar surface area (TPSA) is 24.9 Å². The maximum Gasteiger partial charge on any atom is 0.141 e. The van der Waals surface area contributed by atoms with Crippen molar-refractivity contribution in [2.75, 3.05) is 6.54 Å². The van der Waals surface area contributed by atoms with E-state index in [2.05, 4.69) is 16.2 Å². The molecule has 1 rings (SSSR count). The highest BCUT2D eigenvalue weighted by Gasteiger charge is 2.05. The van der Waals surface area contributed by atoms with Crippen molar-refractivity contribution in [3.8, 4) is 12.3 Å². The van der Waals surface area contributed by atoms with E-state index in [1.807, 2.05) is 6.92 Å². The zero-order valence-corrected chi connectivity index (χ0v) is 8.83. The van der Waals surface area contributed by atoms with Gasteiger partial charge in [-0.1, -0.05) is 0 Å². The first-order valence-corrected chi connectivity index (χ1v) is 5.02. The summed E-state index contributed by atoms with van der Waals surface area (Å²) in [5.41, 5.74) is 0.845. The number of nitrogens with zero attached hydrogens (tertiary/aromatic N) is 1. The lowest BCUT2D eigenvalue weighted by atomic mass is 10.2. The van der Waals surface area contributed by atoms with Crippen LogP contribution in [0.3, 0.4) is 0 Å². The van der Waals surface area contributed by atoms with E-state index in [9.17, 15) is 4.39 Å². The highest BCUT2D eigenvalue weighted by Crippen LogP contribution is 2.09. The van der Waals surface area contributed by atoms with E-state index in [0.717, 1.165) is 25.1 Å². The second kappa shape index (κ2) is 6.15. The lowest BCUT2D eigenvalue weighted by molar-refractivity contribution is 0.546.